The average molecular weight is 270 g/mol. The predicted octanol–water partition coefficient (Wildman–Crippen LogP) is 2.65. The van der Waals surface area contributed by atoms with E-state index in [1.54, 1.807) is 16.6 Å². The SMILES string of the molecule is CN(Cl)C1CCN(c2ccc([N+](=O)[O-])cc2)CC1. The van der Waals surface area contributed by atoms with Crippen LogP contribution in [-0.2, 0) is 0 Å². The third kappa shape index (κ3) is 2.91. The Morgan fingerprint density at radius 2 is 1.89 bits per heavy atom. The van der Waals surface area contributed by atoms with Crippen LogP contribution in [0.4, 0.5) is 11.4 Å². The lowest BCUT2D eigenvalue weighted by Crippen LogP contribution is -2.40. The van der Waals surface area contributed by atoms with Gasteiger partial charge >= 0.3 is 0 Å². The summed E-state index contributed by atoms with van der Waals surface area (Å²) >= 11 is 5.95. The number of non-ortho nitro benzene ring substituents is 1. The van der Waals surface area contributed by atoms with Crippen molar-refractivity contribution in [1.29, 1.82) is 0 Å². The Balaban J connectivity index is 1.99. The second-order valence-electron chi connectivity index (χ2n) is 4.52. The van der Waals surface area contributed by atoms with Crippen LogP contribution in [0.25, 0.3) is 0 Å². The fourth-order valence-corrected chi connectivity index (χ4v) is 2.46. The first kappa shape index (κ1) is 13.1. The molecule has 18 heavy (non-hydrogen) atoms. The van der Waals surface area contributed by atoms with Crippen LogP contribution in [0, 0.1) is 10.1 Å². The summed E-state index contributed by atoms with van der Waals surface area (Å²) in [5, 5.41) is 10.6. The fraction of sp³-hybridized carbons (Fsp3) is 0.500. The zero-order chi connectivity index (χ0) is 13.1. The molecule has 0 spiro atoms. The van der Waals surface area contributed by atoms with Crippen molar-refractivity contribution in [3.8, 4) is 0 Å². The second-order valence-corrected chi connectivity index (χ2v) is 5.05. The number of piperidine rings is 1. The van der Waals surface area contributed by atoms with Crippen molar-refractivity contribution in [1.82, 2.24) is 4.42 Å². The summed E-state index contributed by atoms with van der Waals surface area (Å²) in [6.45, 7) is 1.86. The zero-order valence-corrected chi connectivity index (χ0v) is 11.0. The van der Waals surface area contributed by atoms with Gasteiger partial charge < -0.3 is 4.90 Å². The molecule has 0 saturated carbocycles. The van der Waals surface area contributed by atoms with E-state index < -0.39 is 0 Å². The molecule has 1 heterocycles. The van der Waals surface area contributed by atoms with Crippen molar-refractivity contribution in [2.45, 2.75) is 18.9 Å². The Morgan fingerprint density at radius 3 is 2.33 bits per heavy atom. The van der Waals surface area contributed by atoms with E-state index in [0.717, 1.165) is 31.6 Å². The maximum Gasteiger partial charge on any atom is 0.269 e. The lowest BCUT2D eigenvalue weighted by atomic mass is 10.0. The fourth-order valence-electron chi connectivity index (χ4n) is 2.27. The van der Waals surface area contributed by atoms with Gasteiger partial charge in [0.25, 0.3) is 5.69 Å². The first-order chi connectivity index (χ1) is 8.58. The van der Waals surface area contributed by atoms with E-state index in [9.17, 15) is 10.1 Å². The van der Waals surface area contributed by atoms with Gasteiger partial charge in [-0.3, -0.25) is 10.1 Å². The van der Waals surface area contributed by atoms with Crippen molar-refractivity contribution in [2.75, 3.05) is 25.0 Å². The van der Waals surface area contributed by atoms with Crippen molar-refractivity contribution >= 4 is 23.2 Å². The van der Waals surface area contributed by atoms with E-state index in [-0.39, 0.29) is 10.6 Å². The van der Waals surface area contributed by atoms with Gasteiger partial charge in [-0.15, -0.1) is 0 Å². The van der Waals surface area contributed by atoms with Crippen LogP contribution in [0.1, 0.15) is 12.8 Å². The van der Waals surface area contributed by atoms with Crippen LogP contribution in [0.5, 0.6) is 0 Å². The summed E-state index contributed by atoms with van der Waals surface area (Å²) in [6.07, 6.45) is 2.02. The summed E-state index contributed by atoms with van der Waals surface area (Å²) in [5.74, 6) is 0. The molecule has 2 rings (SSSR count). The molecule has 1 fully saturated rings. The minimum absolute atomic E-state index is 0.133. The van der Waals surface area contributed by atoms with Crippen LogP contribution in [0.2, 0.25) is 0 Å². The number of anilines is 1. The summed E-state index contributed by atoms with van der Waals surface area (Å²) in [6, 6.07) is 7.14. The third-order valence-corrected chi connectivity index (χ3v) is 3.67. The summed E-state index contributed by atoms with van der Waals surface area (Å²) in [5.41, 5.74) is 1.17. The lowest BCUT2D eigenvalue weighted by molar-refractivity contribution is -0.384. The smallest absolute Gasteiger partial charge is 0.269 e. The molecule has 1 saturated heterocycles. The Morgan fingerprint density at radius 1 is 1.33 bits per heavy atom. The number of halogens is 1. The minimum Gasteiger partial charge on any atom is -0.371 e. The van der Waals surface area contributed by atoms with Gasteiger partial charge in [0.1, 0.15) is 0 Å². The molecule has 0 radical (unpaired) electrons. The highest BCUT2D eigenvalue weighted by atomic mass is 35.5. The Hall–Kier alpha value is -1.33. The maximum absolute atomic E-state index is 10.6. The molecule has 6 heteroatoms. The standard InChI is InChI=1S/C12H16ClN3O2/c1-14(13)10-6-8-15(9-7-10)11-2-4-12(5-3-11)16(17)18/h2-5,10H,6-9H2,1H3. The zero-order valence-electron chi connectivity index (χ0n) is 10.3. The lowest BCUT2D eigenvalue weighted by Gasteiger charge is -2.35. The molecule has 0 bridgehead atoms. The Bertz CT molecular complexity index is 414. The number of nitrogens with zero attached hydrogens (tertiary/aromatic N) is 3. The van der Waals surface area contributed by atoms with E-state index in [1.165, 1.54) is 0 Å². The maximum atomic E-state index is 10.6. The van der Waals surface area contributed by atoms with Gasteiger partial charge in [0, 0.05) is 44.0 Å². The highest BCUT2D eigenvalue weighted by Gasteiger charge is 2.21. The normalized spacial score (nSPS) is 17.2. The summed E-state index contributed by atoms with van der Waals surface area (Å²) in [7, 11) is 1.88. The van der Waals surface area contributed by atoms with Gasteiger partial charge in [-0.2, -0.15) is 0 Å². The number of benzene rings is 1. The summed E-state index contributed by atoms with van der Waals surface area (Å²) < 4.78 is 1.74. The van der Waals surface area contributed by atoms with Crippen molar-refractivity contribution in [2.24, 2.45) is 0 Å². The largest absolute Gasteiger partial charge is 0.371 e. The molecular weight excluding hydrogens is 254 g/mol. The van der Waals surface area contributed by atoms with Crippen molar-refractivity contribution in [3.63, 3.8) is 0 Å². The van der Waals surface area contributed by atoms with E-state index in [0.29, 0.717) is 6.04 Å². The monoisotopic (exact) mass is 269 g/mol. The van der Waals surface area contributed by atoms with Crippen LogP contribution < -0.4 is 4.90 Å². The molecule has 5 nitrogen and oxygen atoms in total. The molecule has 1 aromatic carbocycles. The van der Waals surface area contributed by atoms with Crippen molar-refractivity contribution in [3.05, 3.63) is 34.4 Å². The molecule has 0 atom stereocenters. The third-order valence-electron chi connectivity index (χ3n) is 3.39. The highest BCUT2D eigenvalue weighted by Crippen LogP contribution is 2.24. The molecule has 0 amide bonds. The highest BCUT2D eigenvalue weighted by molar-refractivity contribution is 6.13. The van der Waals surface area contributed by atoms with Gasteiger partial charge in [-0.1, -0.05) is 0 Å². The van der Waals surface area contributed by atoms with E-state index in [4.69, 9.17) is 11.8 Å². The Kier molecular flexibility index (Phi) is 4.04. The topological polar surface area (TPSA) is 49.6 Å². The number of nitro benzene ring substituents is 1. The first-order valence-corrected chi connectivity index (χ1v) is 6.30. The van der Waals surface area contributed by atoms with Gasteiger partial charge in [0.2, 0.25) is 0 Å². The quantitative estimate of drug-likeness (QED) is 0.481. The van der Waals surface area contributed by atoms with E-state index >= 15 is 0 Å². The average Bonchev–Trinajstić information content (AvgIpc) is 2.39. The molecule has 0 N–H and O–H groups in total. The van der Waals surface area contributed by atoms with E-state index in [2.05, 4.69) is 4.90 Å². The van der Waals surface area contributed by atoms with Crippen LogP contribution >= 0.6 is 11.8 Å². The van der Waals surface area contributed by atoms with Gasteiger partial charge in [0.15, 0.2) is 0 Å². The van der Waals surface area contributed by atoms with Crippen LogP contribution in [-0.4, -0.2) is 35.5 Å². The molecule has 1 aromatic rings. The number of nitro groups is 1. The molecule has 0 aromatic heterocycles. The molecule has 0 aliphatic carbocycles. The van der Waals surface area contributed by atoms with Gasteiger partial charge in [-0.05, 0) is 36.8 Å². The molecular formula is C12H16ClN3O2. The van der Waals surface area contributed by atoms with Gasteiger partial charge in [-0.25, -0.2) is 4.42 Å². The summed E-state index contributed by atoms with van der Waals surface area (Å²) in [4.78, 5) is 12.4. The number of rotatable bonds is 3. The van der Waals surface area contributed by atoms with Crippen LogP contribution in [0.15, 0.2) is 24.3 Å². The molecule has 1 aliphatic heterocycles. The number of hydrogen-bond donors (Lipinski definition) is 0. The van der Waals surface area contributed by atoms with Crippen molar-refractivity contribution < 1.29 is 4.92 Å². The predicted molar refractivity (Wildman–Crippen MR) is 71.9 cm³/mol. The molecule has 1 aliphatic rings. The second kappa shape index (κ2) is 5.54. The number of hydrogen-bond acceptors (Lipinski definition) is 4. The Labute approximate surface area is 111 Å². The van der Waals surface area contributed by atoms with E-state index in [1.807, 2.05) is 19.2 Å². The molecule has 0 unspecified atom stereocenters. The van der Waals surface area contributed by atoms with Gasteiger partial charge in [0.05, 0.1) is 4.92 Å². The minimum atomic E-state index is -0.377. The first-order valence-electron chi connectivity index (χ1n) is 5.96. The molecule has 98 valence electrons. The van der Waals surface area contributed by atoms with Crippen LogP contribution in [0.3, 0.4) is 0 Å².